The van der Waals surface area contributed by atoms with Crippen LogP contribution in [0, 0.1) is 0 Å². The van der Waals surface area contributed by atoms with Crippen LogP contribution in [-0.4, -0.2) is 58.0 Å². The molecular formula is C21H26N4O4. The van der Waals surface area contributed by atoms with Gasteiger partial charge in [0.25, 0.3) is 5.89 Å². The first-order chi connectivity index (χ1) is 14.1. The summed E-state index contributed by atoms with van der Waals surface area (Å²) in [6.45, 7) is 4.83. The second kappa shape index (κ2) is 7.40. The molecule has 1 aliphatic carbocycles. The van der Waals surface area contributed by atoms with Crippen LogP contribution in [0.5, 0.6) is 0 Å². The maximum absolute atomic E-state index is 12.3. The molecule has 1 atom stereocenters. The van der Waals surface area contributed by atoms with Gasteiger partial charge >= 0.3 is 6.09 Å². The lowest BCUT2D eigenvalue weighted by molar-refractivity contribution is 0.0518. The second-order valence-corrected chi connectivity index (χ2v) is 8.60. The number of piperidine rings is 1. The molecule has 2 aliphatic heterocycles. The zero-order chi connectivity index (χ0) is 19.8. The van der Waals surface area contributed by atoms with Crippen LogP contribution in [-0.2, 0) is 9.47 Å². The molecule has 0 bridgehead atoms. The maximum atomic E-state index is 12.3. The van der Waals surface area contributed by atoms with Crippen molar-refractivity contribution in [2.24, 2.45) is 0 Å². The molecule has 1 amide bonds. The molecule has 3 aliphatic rings. The molecule has 0 N–H and O–H groups in total. The first-order valence-electron chi connectivity index (χ1n) is 10.4. The fourth-order valence-electron chi connectivity index (χ4n) is 3.99. The van der Waals surface area contributed by atoms with Crippen LogP contribution >= 0.6 is 0 Å². The summed E-state index contributed by atoms with van der Waals surface area (Å²) in [4.78, 5) is 23.0. The van der Waals surface area contributed by atoms with E-state index in [0.29, 0.717) is 30.7 Å². The standard InChI is InChI=1S/C21H26N4O4/c1-21(5-6-21)28-20(26)25-7-2-14(3-8-25)18-23-19(29-24-18)17-10-16(11-22-12-17)15-4-9-27-13-15/h10-12,14-15H,2-9,13H2,1H3. The number of rotatable bonds is 4. The van der Waals surface area contributed by atoms with Gasteiger partial charge in [0.1, 0.15) is 5.60 Å². The van der Waals surface area contributed by atoms with E-state index in [9.17, 15) is 4.79 Å². The second-order valence-electron chi connectivity index (χ2n) is 8.60. The Morgan fingerprint density at radius 1 is 1.21 bits per heavy atom. The molecule has 1 unspecified atom stereocenters. The molecule has 2 aromatic rings. The lowest BCUT2D eigenvalue weighted by atomic mass is 9.96. The topological polar surface area (TPSA) is 90.6 Å². The van der Waals surface area contributed by atoms with Gasteiger partial charge in [0.15, 0.2) is 5.82 Å². The molecule has 29 heavy (non-hydrogen) atoms. The molecule has 154 valence electrons. The molecule has 1 saturated carbocycles. The van der Waals surface area contributed by atoms with Crippen molar-refractivity contribution in [3.8, 4) is 11.5 Å². The third-order valence-corrected chi connectivity index (χ3v) is 6.26. The third-order valence-electron chi connectivity index (χ3n) is 6.26. The summed E-state index contributed by atoms with van der Waals surface area (Å²) in [6, 6.07) is 2.07. The van der Waals surface area contributed by atoms with Gasteiger partial charge in [-0.15, -0.1) is 0 Å². The Morgan fingerprint density at radius 3 is 2.76 bits per heavy atom. The van der Waals surface area contributed by atoms with Crippen molar-refractivity contribution in [1.82, 2.24) is 20.0 Å². The highest BCUT2D eigenvalue weighted by molar-refractivity contribution is 5.68. The van der Waals surface area contributed by atoms with Gasteiger partial charge in [0.2, 0.25) is 0 Å². The Kier molecular flexibility index (Phi) is 4.73. The Labute approximate surface area is 169 Å². The van der Waals surface area contributed by atoms with Gasteiger partial charge in [-0.3, -0.25) is 4.98 Å². The summed E-state index contributed by atoms with van der Waals surface area (Å²) in [5, 5.41) is 4.21. The Balaban J connectivity index is 1.22. The van der Waals surface area contributed by atoms with Crippen LogP contribution in [0.2, 0.25) is 0 Å². The van der Waals surface area contributed by atoms with E-state index in [-0.39, 0.29) is 17.6 Å². The molecular weight excluding hydrogens is 372 g/mol. The van der Waals surface area contributed by atoms with Gasteiger partial charge in [0, 0.05) is 43.9 Å². The predicted octanol–water partition coefficient (Wildman–Crippen LogP) is 3.50. The maximum Gasteiger partial charge on any atom is 0.410 e. The normalized spacial score (nSPS) is 23.9. The lowest BCUT2D eigenvalue weighted by Gasteiger charge is -2.30. The van der Waals surface area contributed by atoms with Crippen LogP contribution in [0.4, 0.5) is 4.79 Å². The van der Waals surface area contributed by atoms with E-state index in [4.69, 9.17) is 14.0 Å². The molecule has 0 spiro atoms. The number of aromatic nitrogens is 3. The van der Waals surface area contributed by atoms with E-state index in [1.54, 1.807) is 11.1 Å². The predicted molar refractivity (Wildman–Crippen MR) is 103 cm³/mol. The number of carbonyl (C=O) groups excluding carboxylic acids is 1. The fraction of sp³-hybridized carbons (Fsp3) is 0.619. The number of likely N-dealkylation sites (tertiary alicyclic amines) is 1. The van der Waals surface area contributed by atoms with Gasteiger partial charge in [-0.05, 0) is 50.7 Å². The molecule has 3 fully saturated rings. The monoisotopic (exact) mass is 398 g/mol. The van der Waals surface area contributed by atoms with E-state index in [2.05, 4.69) is 21.2 Å². The van der Waals surface area contributed by atoms with Crippen molar-refractivity contribution in [1.29, 1.82) is 0 Å². The smallest absolute Gasteiger partial charge is 0.410 e. The van der Waals surface area contributed by atoms with Crippen molar-refractivity contribution in [3.63, 3.8) is 0 Å². The van der Waals surface area contributed by atoms with Crippen LogP contribution in [0.3, 0.4) is 0 Å². The van der Waals surface area contributed by atoms with Crippen LogP contribution in [0.25, 0.3) is 11.5 Å². The van der Waals surface area contributed by atoms with Gasteiger partial charge < -0.3 is 18.9 Å². The van der Waals surface area contributed by atoms with Gasteiger partial charge in [-0.1, -0.05) is 5.16 Å². The van der Waals surface area contributed by atoms with E-state index in [0.717, 1.165) is 56.4 Å². The van der Waals surface area contributed by atoms with Crippen molar-refractivity contribution >= 4 is 6.09 Å². The van der Waals surface area contributed by atoms with Crippen LogP contribution in [0.1, 0.15) is 62.3 Å². The summed E-state index contributed by atoms with van der Waals surface area (Å²) in [5.74, 6) is 1.77. The number of nitrogens with zero attached hydrogens (tertiary/aromatic N) is 4. The zero-order valence-corrected chi connectivity index (χ0v) is 16.7. The van der Waals surface area contributed by atoms with Crippen molar-refractivity contribution < 1.29 is 18.8 Å². The molecule has 4 heterocycles. The van der Waals surface area contributed by atoms with Crippen LogP contribution < -0.4 is 0 Å². The van der Waals surface area contributed by atoms with Gasteiger partial charge in [-0.25, -0.2) is 4.79 Å². The van der Waals surface area contributed by atoms with Crippen molar-refractivity contribution in [2.75, 3.05) is 26.3 Å². The summed E-state index contributed by atoms with van der Waals surface area (Å²) in [5.41, 5.74) is 1.76. The molecule has 2 saturated heterocycles. The highest BCUT2D eigenvalue weighted by atomic mass is 16.6. The first-order valence-corrected chi connectivity index (χ1v) is 10.4. The van der Waals surface area contributed by atoms with E-state index in [1.807, 2.05) is 13.1 Å². The average Bonchev–Trinajstić information content (AvgIpc) is 3.18. The summed E-state index contributed by atoms with van der Waals surface area (Å²) in [6.07, 6.45) is 8.00. The first kappa shape index (κ1) is 18.5. The molecule has 8 nitrogen and oxygen atoms in total. The van der Waals surface area contributed by atoms with E-state index >= 15 is 0 Å². The highest BCUT2D eigenvalue weighted by Gasteiger charge is 2.43. The molecule has 0 radical (unpaired) electrons. The van der Waals surface area contributed by atoms with E-state index in [1.165, 1.54) is 0 Å². The molecule has 5 rings (SSSR count). The highest BCUT2D eigenvalue weighted by Crippen LogP contribution is 2.39. The van der Waals surface area contributed by atoms with Gasteiger partial charge in [0.05, 0.1) is 12.2 Å². The zero-order valence-electron chi connectivity index (χ0n) is 16.7. The average molecular weight is 398 g/mol. The minimum atomic E-state index is -0.232. The summed E-state index contributed by atoms with van der Waals surface area (Å²) >= 11 is 0. The molecule has 2 aromatic heterocycles. The summed E-state index contributed by atoms with van der Waals surface area (Å²) in [7, 11) is 0. The Morgan fingerprint density at radius 2 is 2.03 bits per heavy atom. The summed E-state index contributed by atoms with van der Waals surface area (Å²) < 4.78 is 16.6. The number of carbonyl (C=O) groups is 1. The van der Waals surface area contributed by atoms with E-state index < -0.39 is 0 Å². The Bertz CT molecular complexity index is 880. The number of amides is 1. The SMILES string of the molecule is CC1(OC(=O)N2CCC(c3noc(-c4cncc(C5CCOC5)c4)n3)CC2)CC1. The number of pyridine rings is 1. The van der Waals surface area contributed by atoms with Crippen LogP contribution in [0.15, 0.2) is 23.0 Å². The van der Waals surface area contributed by atoms with Crippen molar-refractivity contribution in [2.45, 2.75) is 56.5 Å². The number of ether oxygens (including phenoxy) is 2. The molecule has 8 heteroatoms. The minimum Gasteiger partial charge on any atom is -0.443 e. The fourth-order valence-corrected chi connectivity index (χ4v) is 3.99. The number of hydrogen-bond acceptors (Lipinski definition) is 7. The van der Waals surface area contributed by atoms with Crippen molar-refractivity contribution in [3.05, 3.63) is 29.8 Å². The third kappa shape index (κ3) is 3.99. The largest absolute Gasteiger partial charge is 0.443 e. The quantitative estimate of drug-likeness (QED) is 0.778. The lowest BCUT2D eigenvalue weighted by Crippen LogP contribution is -2.40. The minimum absolute atomic E-state index is 0.187. The Hall–Kier alpha value is -2.48. The number of hydrogen-bond donors (Lipinski definition) is 0. The molecule has 0 aromatic carbocycles. The van der Waals surface area contributed by atoms with Gasteiger partial charge in [-0.2, -0.15) is 4.98 Å².